The summed E-state index contributed by atoms with van der Waals surface area (Å²) in [6.07, 6.45) is 2.08. The SMILES string of the molecule is CN(CCC(=O)O)C(=O)c1ccncc1F. The van der Waals surface area contributed by atoms with Crippen molar-refractivity contribution in [2.45, 2.75) is 6.42 Å². The molecule has 6 heteroatoms. The van der Waals surface area contributed by atoms with Crippen LogP contribution in [0, 0.1) is 5.82 Å². The summed E-state index contributed by atoms with van der Waals surface area (Å²) < 4.78 is 13.2. The van der Waals surface area contributed by atoms with Crippen LogP contribution in [0.1, 0.15) is 16.8 Å². The third-order valence-electron chi connectivity index (χ3n) is 2.01. The largest absolute Gasteiger partial charge is 0.481 e. The minimum atomic E-state index is -1.00. The zero-order valence-electron chi connectivity index (χ0n) is 8.68. The summed E-state index contributed by atoms with van der Waals surface area (Å²) in [5.74, 6) is -2.27. The van der Waals surface area contributed by atoms with E-state index in [9.17, 15) is 14.0 Å². The predicted octanol–water partition coefficient (Wildman–Crippen LogP) is 0.767. The Balaban J connectivity index is 2.71. The van der Waals surface area contributed by atoms with Crippen molar-refractivity contribution in [2.75, 3.05) is 13.6 Å². The Labute approximate surface area is 91.5 Å². The minimum Gasteiger partial charge on any atom is -0.481 e. The van der Waals surface area contributed by atoms with Gasteiger partial charge in [0, 0.05) is 19.8 Å². The van der Waals surface area contributed by atoms with Crippen LogP contribution in [-0.2, 0) is 4.79 Å². The lowest BCUT2D eigenvalue weighted by Crippen LogP contribution is -2.29. The Hall–Kier alpha value is -1.98. The Morgan fingerprint density at radius 1 is 1.56 bits per heavy atom. The fourth-order valence-electron chi connectivity index (χ4n) is 1.12. The molecule has 16 heavy (non-hydrogen) atoms. The molecule has 0 spiro atoms. The second-order valence-electron chi connectivity index (χ2n) is 3.23. The fourth-order valence-corrected chi connectivity index (χ4v) is 1.12. The van der Waals surface area contributed by atoms with Crippen molar-refractivity contribution in [2.24, 2.45) is 0 Å². The van der Waals surface area contributed by atoms with E-state index < -0.39 is 17.7 Å². The van der Waals surface area contributed by atoms with E-state index in [-0.39, 0.29) is 18.5 Å². The molecule has 0 radical (unpaired) electrons. The zero-order valence-corrected chi connectivity index (χ0v) is 8.68. The number of aliphatic carboxylic acids is 1. The summed E-state index contributed by atoms with van der Waals surface area (Å²) >= 11 is 0. The van der Waals surface area contributed by atoms with Gasteiger partial charge in [0.15, 0.2) is 5.82 Å². The molecule has 1 N–H and O–H groups in total. The Morgan fingerprint density at radius 3 is 2.81 bits per heavy atom. The summed E-state index contributed by atoms with van der Waals surface area (Å²) in [5, 5.41) is 8.45. The number of rotatable bonds is 4. The highest BCUT2D eigenvalue weighted by atomic mass is 19.1. The van der Waals surface area contributed by atoms with E-state index >= 15 is 0 Å². The van der Waals surface area contributed by atoms with E-state index in [1.807, 2.05) is 0 Å². The number of pyridine rings is 1. The summed E-state index contributed by atoms with van der Waals surface area (Å²) in [7, 11) is 1.42. The molecule has 1 aromatic rings. The number of carbonyl (C=O) groups is 2. The lowest BCUT2D eigenvalue weighted by molar-refractivity contribution is -0.137. The molecule has 0 unspecified atom stereocenters. The Morgan fingerprint density at radius 2 is 2.25 bits per heavy atom. The second kappa shape index (κ2) is 5.20. The van der Waals surface area contributed by atoms with Crippen molar-refractivity contribution in [1.82, 2.24) is 9.88 Å². The smallest absolute Gasteiger partial charge is 0.305 e. The van der Waals surface area contributed by atoms with Gasteiger partial charge in [0.2, 0.25) is 0 Å². The first-order valence-corrected chi connectivity index (χ1v) is 4.59. The third kappa shape index (κ3) is 3.01. The van der Waals surface area contributed by atoms with Crippen molar-refractivity contribution < 1.29 is 19.1 Å². The lowest BCUT2D eigenvalue weighted by Gasteiger charge is -2.15. The van der Waals surface area contributed by atoms with Gasteiger partial charge in [0.05, 0.1) is 18.2 Å². The molecule has 0 bridgehead atoms. The number of nitrogens with zero attached hydrogens (tertiary/aromatic N) is 2. The average Bonchev–Trinajstić information content (AvgIpc) is 2.25. The fraction of sp³-hybridized carbons (Fsp3) is 0.300. The van der Waals surface area contributed by atoms with Gasteiger partial charge in [-0.15, -0.1) is 0 Å². The summed E-state index contributed by atoms with van der Waals surface area (Å²) in [4.78, 5) is 26.6. The number of amides is 1. The molecule has 0 aromatic carbocycles. The van der Waals surface area contributed by atoms with Gasteiger partial charge in [-0.05, 0) is 6.07 Å². The molecule has 0 atom stereocenters. The topological polar surface area (TPSA) is 70.5 Å². The van der Waals surface area contributed by atoms with E-state index in [0.29, 0.717) is 0 Å². The Kier molecular flexibility index (Phi) is 3.93. The van der Waals surface area contributed by atoms with Gasteiger partial charge in [-0.1, -0.05) is 0 Å². The molecule has 1 heterocycles. The number of aromatic nitrogens is 1. The van der Waals surface area contributed by atoms with Crippen molar-refractivity contribution in [3.8, 4) is 0 Å². The van der Waals surface area contributed by atoms with E-state index in [1.54, 1.807) is 0 Å². The molecule has 0 saturated heterocycles. The molecule has 1 amide bonds. The lowest BCUT2D eigenvalue weighted by atomic mass is 10.2. The van der Waals surface area contributed by atoms with Gasteiger partial charge in [-0.2, -0.15) is 0 Å². The number of hydrogen-bond acceptors (Lipinski definition) is 3. The third-order valence-corrected chi connectivity index (χ3v) is 2.01. The standard InChI is InChI=1S/C10H11FN2O3/c1-13(5-3-9(14)15)10(16)7-2-4-12-6-8(7)11/h2,4,6H,3,5H2,1H3,(H,14,15). The molecule has 0 aliphatic rings. The molecular formula is C10H11FN2O3. The number of halogens is 1. The van der Waals surface area contributed by atoms with Crippen LogP contribution in [0.5, 0.6) is 0 Å². The van der Waals surface area contributed by atoms with Crippen LogP contribution in [0.25, 0.3) is 0 Å². The molecule has 0 aliphatic carbocycles. The van der Waals surface area contributed by atoms with E-state index in [1.165, 1.54) is 19.3 Å². The van der Waals surface area contributed by atoms with Crippen LogP contribution >= 0.6 is 0 Å². The van der Waals surface area contributed by atoms with Crippen LogP contribution in [0.2, 0.25) is 0 Å². The van der Waals surface area contributed by atoms with Crippen LogP contribution in [-0.4, -0.2) is 40.5 Å². The molecule has 0 fully saturated rings. The first kappa shape index (κ1) is 12.1. The monoisotopic (exact) mass is 226 g/mol. The maximum Gasteiger partial charge on any atom is 0.305 e. The second-order valence-corrected chi connectivity index (χ2v) is 3.23. The maximum absolute atomic E-state index is 13.2. The van der Waals surface area contributed by atoms with Crippen LogP contribution in [0.3, 0.4) is 0 Å². The molecule has 1 rings (SSSR count). The van der Waals surface area contributed by atoms with Crippen LogP contribution in [0.15, 0.2) is 18.5 Å². The van der Waals surface area contributed by atoms with Gasteiger partial charge < -0.3 is 10.0 Å². The molecule has 0 aliphatic heterocycles. The van der Waals surface area contributed by atoms with E-state index in [2.05, 4.69) is 4.98 Å². The predicted molar refractivity (Wildman–Crippen MR) is 53.4 cm³/mol. The van der Waals surface area contributed by atoms with E-state index in [0.717, 1.165) is 11.1 Å². The molecule has 0 saturated carbocycles. The number of carboxylic acid groups (broad SMARTS) is 1. The minimum absolute atomic E-state index is 0.0376. The van der Waals surface area contributed by atoms with E-state index in [4.69, 9.17) is 5.11 Å². The highest BCUT2D eigenvalue weighted by Gasteiger charge is 2.16. The molecule has 1 aromatic heterocycles. The average molecular weight is 226 g/mol. The van der Waals surface area contributed by atoms with Gasteiger partial charge in [-0.3, -0.25) is 14.6 Å². The van der Waals surface area contributed by atoms with Crippen molar-refractivity contribution in [3.63, 3.8) is 0 Å². The number of carboxylic acids is 1. The van der Waals surface area contributed by atoms with Gasteiger partial charge in [-0.25, -0.2) is 4.39 Å². The Bertz CT molecular complexity index is 409. The number of carbonyl (C=O) groups excluding carboxylic acids is 1. The normalized spacial score (nSPS) is 9.88. The molecule has 86 valence electrons. The van der Waals surface area contributed by atoms with Crippen molar-refractivity contribution in [3.05, 3.63) is 29.8 Å². The first-order valence-electron chi connectivity index (χ1n) is 4.59. The van der Waals surface area contributed by atoms with Gasteiger partial charge in [0.25, 0.3) is 5.91 Å². The first-order chi connectivity index (χ1) is 7.52. The molecule has 5 nitrogen and oxygen atoms in total. The van der Waals surface area contributed by atoms with Gasteiger partial charge >= 0.3 is 5.97 Å². The molecular weight excluding hydrogens is 215 g/mol. The van der Waals surface area contributed by atoms with Crippen molar-refractivity contribution in [1.29, 1.82) is 0 Å². The summed E-state index contributed by atoms with van der Waals surface area (Å²) in [6, 6.07) is 1.26. The summed E-state index contributed by atoms with van der Waals surface area (Å²) in [5.41, 5.74) is -0.108. The highest BCUT2D eigenvalue weighted by molar-refractivity contribution is 5.94. The highest BCUT2D eigenvalue weighted by Crippen LogP contribution is 2.07. The quantitative estimate of drug-likeness (QED) is 0.823. The van der Waals surface area contributed by atoms with Gasteiger partial charge in [0.1, 0.15) is 0 Å². The summed E-state index contributed by atoms with van der Waals surface area (Å²) in [6.45, 7) is 0.0376. The number of hydrogen-bond donors (Lipinski definition) is 1. The van der Waals surface area contributed by atoms with Crippen LogP contribution in [0.4, 0.5) is 4.39 Å². The zero-order chi connectivity index (χ0) is 12.1. The van der Waals surface area contributed by atoms with Crippen LogP contribution < -0.4 is 0 Å². The van der Waals surface area contributed by atoms with Crippen molar-refractivity contribution >= 4 is 11.9 Å². The maximum atomic E-state index is 13.2.